The molecule has 2 aromatic carbocycles. The Hall–Kier alpha value is -2.20. The molecule has 2 heterocycles. The first-order valence-corrected chi connectivity index (χ1v) is 16.7. The third-order valence-electron chi connectivity index (χ3n) is 9.72. The van der Waals surface area contributed by atoms with Crippen molar-refractivity contribution in [3.63, 3.8) is 0 Å². The summed E-state index contributed by atoms with van der Waals surface area (Å²) >= 11 is 0. The summed E-state index contributed by atoms with van der Waals surface area (Å²) in [5, 5.41) is 21.3. The Bertz CT molecular complexity index is 1080. The van der Waals surface area contributed by atoms with Crippen LogP contribution in [0.2, 0.25) is 0 Å². The third-order valence-corrected chi connectivity index (χ3v) is 9.72. The number of benzene rings is 2. The molecule has 8 nitrogen and oxygen atoms in total. The highest BCUT2D eigenvalue weighted by Gasteiger charge is 2.37. The van der Waals surface area contributed by atoms with Crippen molar-refractivity contribution >= 4 is 0 Å². The van der Waals surface area contributed by atoms with E-state index in [1.165, 1.54) is 30.4 Å². The molecule has 0 spiro atoms. The normalized spacial score (nSPS) is 21.1. The van der Waals surface area contributed by atoms with Crippen LogP contribution in [0.1, 0.15) is 65.5 Å². The first-order chi connectivity index (χ1) is 21.2. The third kappa shape index (κ3) is 8.14. The number of rotatable bonds is 12. The van der Waals surface area contributed by atoms with Crippen molar-refractivity contribution < 1.29 is 29.2 Å². The van der Waals surface area contributed by atoms with Gasteiger partial charge >= 0.3 is 0 Å². The van der Waals surface area contributed by atoms with Crippen LogP contribution in [-0.4, -0.2) is 111 Å². The fourth-order valence-electron chi connectivity index (χ4n) is 7.44. The van der Waals surface area contributed by atoms with Crippen LogP contribution in [0.4, 0.5) is 0 Å². The van der Waals surface area contributed by atoms with Gasteiger partial charge in [-0.3, -0.25) is 9.80 Å². The lowest BCUT2D eigenvalue weighted by Crippen LogP contribution is -2.42. The van der Waals surface area contributed by atoms with E-state index in [1.54, 1.807) is 0 Å². The lowest BCUT2D eigenvalue weighted by atomic mass is 9.64. The number of aliphatic hydroxyl groups is 2. The standard InChI is InChI=1S/C36H54N2O6/c1-26-18-30(19-27(2)34(26)43-24-32(39)22-37-10-14-41-15-11-37)36(8-6-5-7-9-36)31-20-28(3)35(29(4)21-31)44-25-33(40)23-38-12-16-42-17-13-38/h18-21,32-33,39-40H,5-17,22-25H2,1-4H3. The van der Waals surface area contributed by atoms with Gasteiger partial charge in [-0.1, -0.05) is 43.5 Å². The predicted octanol–water partition coefficient (Wildman–Crippen LogP) is 4.31. The van der Waals surface area contributed by atoms with E-state index in [2.05, 4.69) is 61.8 Å². The van der Waals surface area contributed by atoms with Crippen molar-refractivity contribution in [3.05, 3.63) is 57.6 Å². The number of nitrogens with zero attached hydrogens (tertiary/aromatic N) is 2. The van der Waals surface area contributed by atoms with E-state index in [0.717, 1.165) is 99.2 Å². The minimum atomic E-state index is -0.538. The largest absolute Gasteiger partial charge is 0.490 e. The molecule has 2 saturated heterocycles. The highest BCUT2D eigenvalue weighted by molar-refractivity contribution is 5.53. The van der Waals surface area contributed by atoms with Crippen molar-refractivity contribution in [2.24, 2.45) is 0 Å². The van der Waals surface area contributed by atoms with Crippen LogP contribution in [0.25, 0.3) is 0 Å². The molecule has 3 aliphatic rings. The molecule has 0 bridgehead atoms. The molecule has 2 atom stereocenters. The maximum atomic E-state index is 10.7. The van der Waals surface area contributed by atoms with Crippen LogP contribution in [0.5, 0.6) is 11.5 Å². The minimum Gasteiger partial charge on any atom is -0.490 e. The van der Waals surface area contributed by atoms with Crippen molar-refractivity contribution in [2.45, 2.75) is 77.4 Å². The number of aryl methyl sites for hydroxylation is 4. The van der Waals surface area contributed by atoms with Crippen molar-refractivity contribution in [1.29, 1.82) is 0 Å². The summed E-state index contributed by atoms with van der Waals surface area (Å²) in [7, 11) is 0. The summed E-state index contributed by atoms with van der Waals surface area (Å²) in [6.45, 7) is 16.6. The molecule has 3 fully saturated rings. The maximum absolute atomic E-state index is 10.7. The van der Waals surface area contributed by atoms with Gasteiger partial charge in [0.2, 0.25) is 0 Å². The second-order valence-corrected chi connectivity index (χ2v) is 13.3. The molecule has 5 rings (SSSR count). The SMILES string of the molecule is Cc1cc(C2(c3cc(C)c(OCC(O)CN4CCOCC4)c(C)c3)CCCCC2)cc(C)c1OCC(O)CN1CCOCC1. The number of β-amino-alcohol motifs (C(OH)–C–C–N with tert-alkyl or cyclic N) is 2. The van der Waals surface area contributed by atoms with Gasteiger partial charge in [-0.25, -0.2) is 0 Å². The Morgan fingerprint density at radius 3 is 1.36 bits per heavy atom. The topological polar surface area (TPSA) is 83.9 Å². The van der Waals surface area contributed by atoms with Gasteiger partial charge in [0.05, 0.1) is 26.4 Å². The van der Waals surface area contributed by atoms with Crippen molar-refractivity contribution in [3.8, 4) is 11.5 Å². The molecule has 0 amide bonds. The second-order valence-electron chi connectivity index (χ2n) is 13.3. The second kappa shape index (κ2) is 15.4. The number of hydrogen-bond acceptors (Lipinski definition) is 8. The summed E-state index contributed by atoms with van der Waals surface area (Å²) in [5.41, 5.74) is 7.10. The molecule has 1 aliphatic carbocycles. The van der Waals surface area contributed by atoms with Gasteiger partial charge in [0.25, 0.3) is 0 Å². The summed E-state index contributed by atoms with van der Waals surface area (Å²) in [5.74, 6) is 1.76. The van der Waals surface area contributed by atoms with E-state index in [0.29, 0.717) is 13.1 Å². The van der Waals surface area contributed by atoms with Crippen LogP contribution >= 0.6 is 0 Å². The van der Waals surface area contributed by atoms with Crippen LogP contribution in [0.15, 0.2) is 24.3 Å². The van der Waals surface area contributed by atoms with Gasteiger partial charge < -0.3 is 29.2 Å². The number of aliphatic hydroxyl groups excluding tert-OH is 2. The van der Waals surface area contributed by atoms with Crippen LogP contribution in [-0.2, 0) is 14.9 Å². The summed E-state index contributed by atoms with van der Waals surface area (Å²) in [6.07, 6.45) is 4.82. The Labute approximate surface area is 264 Å². The average molecular weight is 611 g/mol. The van der Waals surface area contributed by atoms with E-state index in [9.17, 15) is 10.2 Å². The van der Waals surface area contributed by atoms with Crippen LogP contribution in [0.3, 0.4) is 0 Å². The Morgan fingerprint density at radius 2 is 1.00 bits per heavy atom. The number of ether oxygens (including phenoxy) is 4. The molecule has 2 unspecified atom stereocenters. The van der Waals surface area contributed by atoms with Crippen LogP contribution < -0.4 is 9.47 Å². The Morgan fingerprint density at radius 1 is 0.636 bits per heavy atom. The smallest absolute Gasteiger partial charge is 0.125 e. The molecule has 2 N–H and O–H groups in total. The lowest BCUT2D eigenvalue weighted by Gasteiger charge is -2.40. The number of hydrogen-bond donors (Lipinski definition) is 2. The zero-order valence-electron chi connectivity index (χ0n) is 27.4. The molecular formula is C36H54N2O6. The monoisotopic (exact) mass is 610 g/mol. The molecular weight excluding hydrogens is 556 g/mol. The minimum absolute atomic E-state index is 0.0634. The van der Waals surface area contributed by atoms with Gasteiger partial charge in [0.15, 0.2) is 0 Å². The maximum Gasteiger partial charge on any atom is 0.125 e. The fraction of sp³-hybridized carbons (Fsp3) is 0.667. The molecule has 1 saturated carbocycles. The van der Waals surface area contributed by atoms with E-state index in [1.807, 2.05) is 0 Å². The van der Waals surface area contributed by atoms with Gasteiger partial charge in [-0.2, -0.15) is 0 Å². The first kappa shape index (κ1) is 33.2. The molecule has 8 heteroatoms. The summed E-state index contributed by atoms with van der Waals surface area (Å²) in [4.78, 5) is 4.47. The van der Waals surface area contributed by atoms with E-state index in [-0.39, 0.29) is 18.6 Å². The fourth-order valence-corrected chi connectivity index (χ4v) is 7.44. The summed E-state index contributed by atoms with van der Waals surface area (Å²) < 4.78 is 23.4. The zero-order valence-corrected chi connectivity index (χ0v) is 27.4. The van der Waals surface area contributed by atoms with E-state index < -0.39 is 12.2 Å². The highest BCUT2D eigenvalue weighted by atomic mass is 16.5. The van der Waals surface area contributed by atoms with Gasteiger partial charge in [-0.15, -0.1) is 0 Å². The first-order valence-electron chi connectivity index (χ1n) is 16.7. The molecule has 0 radical (unpaired) electrons. The predicted molar refractivity (Wildman–Crippen MR) is 173 cm³/mol. The highest BCUT2D eigenvalue weighted by Crippen LogP contribution is 2.47. The number of morpholine rings is 2. The van der Waals surface area contributed by atoms with Gasteiger partial charge in [0, 0.05) is 44.7 Å². The molecule has 44 heavy (non-hydrogen) atoms. The van der Waals surface area contributed by atoms with E-state index >= 15 is 0 Å². The average Bonchev–Trinajstić information content (AvgIpc) is 3.01. The van der Waals surface area contributed by atoms with Crippen molar-refractivity contribution in [2.75, 3.05) is 78.9 Å². The Kier molecular flexibility index (Phi) is 11.6. The van der Waals surface area contributed by atoms with E-state index in [4.69, 9.17) is 18.9 Å². The molecule has 244 valence electrons. The van der Waals surface area contributed by atoms with Crippen molar-refractivity contribution in [1.82, 2.24) is 9.80 Å². The molecule has 2 aliphatic heterocycles. The zero-order chi connectivity index (χ0) is 31.1. The molecule has 0 aromatic heterocycles. The van der Waals surface area contributed by atoms with Gasteiger partial charge in [-0.05, 0) is 73.9 Å². The van der Waals surface area contributed by atoms with Gasteiger partial charge in [0.1, 0.15) is 36.9 Å². The molecule has 2 aromatic rings. The summed E-state index contributed by atoms with van der Waals surface area (Å²) in [6, 6.07) is 9.27. The van der Waals surface area contributed by atoms with Crippen LogP contribution in [0, 0.1) is 27.7 Å². The Balaban J connectivity index is 1.30. The lowest BCUT2D eigenvalue weighted by molar-refractivity contribution is 0.00440. The quantitative estimate of drug-likeness (QED) is 0.368.